The minimum Gasteiger partial charge on any atom is -0.341 e. The molecule has 4 nitrogen and oxygen atoms in total. The van der Waals surface area contributed by atoms with Gasteiger partial charge in [-0.15, -0.1) is 0 Å². The molecule has 0 atom stereocenters. The number of para-hydroxylation sites is 1. The summed E-state index contributed by atoms with van der Waals surface area (Å²) in [6.07, 6.45) is 1.99. The maximum absolute atomic E-state index is 12.6. The third-order valence-electron chi connectivity index (χ3n) is 4.32. The van der Waals surface area contributed by atoms with Gasteiger partial charge in [0.15, 0.2) is 0 Å². The summed E-state index contributed by atoms with van der Waals surface area (Å²) in [6, 6.07) is 17.6. The highest BCUT2D eigenvalue weighted by Crippen LogP contribution is 2.27. The van der Waals surface area contributed by atoms with E-state index in [9.17, 15) is 4.79 Å². The number of carbonyl (C=O) groups is 1. The lowest BCUT2D eigenvalue weighted by atomic mass is 9.94. The van der Waals surface area contributed by atoms with Crippen molar-refractivity contribution < 1.29 is 4.79 Å². The number of benzene rings is 2. The minimum absolute atomic E-state index is 0.0945. The largest absolute Gasteiger partial charge is 0.341 e. The Hall–Kier alpha value is -2.59. The van der Waals surface area contributed by atoms with Crippen LogP contribution in [0, 0.1) is 5.41 Å². The number of hydrogen-bond acceptors (Lipinski definition) is 2. The maximum atomic E-state index is 12.6. The Morgan fingerprint density at radius 1 is 1.07 bits per heavy atom. The van der Waals surface area contributed by atoms with Crippen molar-refractivity contribution in [3.8, 4) is 16.9 Å². The van der Waals surface area contributed by atoms with Crippen molar-refractivity contribution in [2.75, 3.05) is 7.05 Å². The molecule has 140 valence electrons. The second kappa shape index (κ2) is 7.57. The van der Waals surface area contributed by atoms with Gasteiger partial charge >= 0.3 is 0 Å². The molecule has 27 heavy (non-hydrogen) atoms. The topological polar surface area (TPSA) is 38.1 Å². The monoisotopic (exact) mass is 381 g/mol. The summed E-state index contributed by atoms with van der Waals surface area (Å²) in [6.45, 7) is 6.28. The predicted octanol–water partition coefficient (Wildman–Crippen LogP) is 5.20. The van der Waals surface area contributed by atoms with Gasteiger partial charge in [-0.2, -0.15) is 5.10 Å². The lowest BCUT2D eigenvalue weighted by molar-refractivity contribution is -0.138. The third kappa shape index (κ3) is 4.40. The lowest BCUT2D eigenvalue weighted by Gasteiger charge is -2.25. The van der Waals surface area contributed by atoms with Crippen LogP contribution in [0.5, 0.6) is 0 Å². The van der Waals surface area contributed by atoms with E-state index in [1.54, 1.807) is 4.90 Å². The Labute approximate surface area is 165 Å². The van der Waals surface area contributed by atoms with Gasteiger partial charge in [0.05, 0.1) is 11.4 Å². The van der Waals surface area contributed by atoms with E-state index in [0.717, 1.165) is 22.5 Å². The van der Waals surface area contributed by atoms with Gasteiger partial charge in [-0.3, -0.25) is 4.79 Å². The molecule has 0 unspecified atom stereocenters. The van der Waals surface area contributed by atoms with Crippen molar-refractivity contribution in [2.24, 2.45) is 5.41 Å². The summed E-state index contributed by atoms with van der Waals surface area (Å²) in [4.78, 5) is 14.4. The van der Waals surface area contributed by atoms with Crippen molar-refractivity contribution in [3.63, 3.8) is 0 Å². The highest BCUT2D eigenvalue weighted by molar-refractivity contribution is 6.30. The minimum atomic E-state index is -0.426. The average molecular weight is 382 g/mol. The molecule has 0 spiro atoms. The van der Waals surface area contributed by atoms with Gasteiger partial charge in [0.25, 0.3) is 0 Å². The van der Waals surface area contributed by atoms with Crippen LogP contribution in [0.2, 0.25) is 5.02 Å². The van der Waals surface area contributed by atoms with Crippen LogP contribution < -0.4 is 0 Å². The standard InChI is InChI=1S/C22H24ClN3O/c1-22(2,3)21(27)25(4)14-17-15-26(19-8-6-5-7-9-19)24-20(17)16-10-12-18(23)13-11-16/h5-13,15H,14H2,1-4H3. The van der Waals surface area contributed by atoms with Crippen LogP contribution in [0.15, 0.2) is 60.8 Å². The van der Waals surface area contributed by atoms with E-state index in [2.05, 4.69) is 0 Å². The summed E-state index contributed by atoms with van der Waals surface area (Å²) in [7, 11) is 1.83. The maximum Gasteiger partial charge on any atom is 0.227 e. The fraction of sp³-hybridized carbons (Fsp3) is 0.273. The van der Waals surface area contributed by atoms with Crippen LogP contribution in [-0.2, 0) is 11.3 Å². The molecule has 0 saturated carbocycles. The van der Waals surface area contributed by atoms with Gasteiger partial charge in [0, 0.05) is 41.4 Å². The van der Waals surface area contributed by atoms with Gasteiger partial charge in [0.2, 0.25) is 5.91 Å². The molecule has 1 heterocycles. The number of rotatable bonds is 4. The fourth-order valence-corrected chi connectivity index (χ4v) is 3.12. The SMILES string of the molecule is CN(Cc1cn(-c2ccccc2)nc1-c1ccc(Cl)cc1)C(=O)C(C)(C)C. The van der Waals surface area contributed by atoms with E-state index in [-0.39, 0.29) is 5.91 Å². The number of hydrogen-bond donors (Lipinski definition) is 0. The first kappa shape index (κ1) is 19.2. The van der Waals surface area contributed by atoms with Crippen LogP contribution in [0.4, 0.5) is 0 Å². The molecule has 0 aliphatic rings. The summed E-state index contributed by atoms with van der Waals surface area (Å²) in [5.41, 5.74) is 3.36. The molecule has 0 N–H and O–H groups in total. The lowest BCUT2D eigenvalue weighted by Crippen LogP contribution is -2.36. The van der Waals surface area contributed by atoms with E-state index in [4.69, 9.17) is 16.7 Å². The fourth-order valence-electron chi connectivity index (χ4n) is 2.99. The highest BCUT2D eigenvalue weighted by atomic mass is 35.5. The molecule has 1 aromatic heterocycles. The van der Waals surface area contributed by atoms with Crippen LogP contribution in [0.3, 0.4) is 0 Å². The first-order chi connectivity index (χ1) is 12.8. The number of carbonyl (C=O) groups excluding carboxylic acids is 1. The molecule has 3 aromatic rings. The van der Waals surface area contributed by atoms with E-state index in [1.807, 2.05) is 93.3 Å². The number of nitrogens with zero attached hydrogens (tertiary/aromatic N) is 3. The molecule has 1 amide bonds. The van der Waals surface area contributed by atoms with Crippen LogP contribution in [0.1, 0.15) is 26.3 Å². The molecular weight excluding hydrogens is 358 g/mol. The number of aromatic nitrogens is 2. The second-order valence-corrected chi connectivity index (χ2v) is 8.14. The van der Waals surface area contributed by atoms with Crippen molar-refractivity contribution >= 4 is 17.5 Å². The summed E-state index contributed by atoms with van der Waals surface area (Å²) in [5, 5.41) is 5.47. The van der Waals surface area contributed by atoms with E-state index >= 15 is 0 Å². The summed E-state index contributed by atoms with van der Waals surface area (Å²) < 4.78 is 1.86. The van der Waals surface area contributed by atoms with Crippen molar-refractivity contribution in [2.45, 2.75) is 27.3 Å². The van der Waals surface area contributed by atoms with Crippen LogP contribution in [-0.4, -0.2) is 27.6 Å². The zero-order chi connectivity index (χ0) is 19.6. The molecule has 0 aliphatic carbocycles. The molecule has 0 aliphatic heterocycles. The Bertz CT molecular complexity index is 924. The Morgan fingerprint density at radius 2 is 1.70 bits per heavy atom. The summed E-state index contributed by atoms with van der Waals surface area (Å²) in [5.74, 6) is 0.0945. The van der Waals surface area contributed by atoms with E-state index in [1.165, 1.54) is 0 Å². The molecule has 0 bridgehead atoms. The average Bonchev–Trinajstić information content (AvgIpc) is 3.05. The van der Waals surface area contributed by atoms with Gasteiger partial charge in [-0.25, -0.2) is 4.68 Å². The molecule has 0 saturated heterocycles. The first-order valence-corrected chi connectivity index (χ1v) is 9.29. The predicted molar refractivity (Wildman–Crippen MR) is 110 cm³/mol. The normalized spacial score (nSPS) is 11.4. The van der Waals surface area contributed by atoms with Gasteiger partial charge in [-0.1, -0.05) is 62.7 Å². The van der Waals surface area contributed by atoms with Crippen molar-refractivity contribution in [1.29, 1.82) is 0 Å². The molecule has 5 heteroatoms. The second-order valence-electron chi connectivity index (χ2n) is 7.70. The van der Waals surface area contributed by atoms with Gasteiger partial charge in [-0.05, 0) is 24.3 Å². The van der Waals surface area contributed by atoms with E-state index < -0.39 is 5.41 Å². The number of halogens is 1. The quantitative estimate of drug-likeness (QED) is 0.623. The molecule has 0 fully saturated rings. The Kier molecular flexibility index (Phi) is 5.38. The van der Waals surface area contributed by atoms with Gasteiger partial charge < -0.3 is 4.90 Å². The molecule has 2 aromatic carbocycles. The van der Waals surface area contributed by atoms with Crippen molar-refractivity contribution in [1.82, 2.24) is 14.7 Å². The smallest absolute Gasteiger partial charge is 0.227 e. The van der Waals surface area contributed by atoms with E-state index in [0.29, 0.717) is 11.6 Å². The highest BCUT2D eigenvalue weighted by Gasteiger charge is 2.26. The molecule has 3 rings (SSSR count). The zero-order valence-electron chi connectivity index (χ0n) is 16.1. The van der Waals surface area contributed by atoms with Crippen LogP contribution in [0.25, 0.3) is 16.9 Å². The third-order valence-corrected chi connectivity index (χ3v) is 4.58. The number of amides is 1. The summed E-state index contributed by atoms with van der Waals surface area (Å²) >= 11 is 6.04. The van der Waals surface area contributed by atoms with Gasteiger partial charge in [0.1, 0.15) is 0 Å². The Morgan fingerprint density at radius 3 is 2.30 bits per heavy atom. The van der Waals surface area contributed by atoms with Crippen molar-refractivity contribution in [3.05, 3.63) is 71.4 Å². The van der Waals surface area contributed by atoms with Crippen LogP contribution >= 0.6 is 11.6 Å². The molecule has 0 radical (unpaired) electrons. The molecular formula is C22H24ClN3O. The first-order valence-electron chi connectivity index (χ1n) is 8.91. The zero-order valence-corrected chi connectivity index (χ0v) is 16.9. The Balaban J connectivity index is 2.01.